The molecule has 18 heavy (non-hydrogen) atoms. The van der Waals surface area contributed by atoms with Gasteiger partial charge in [-0.15, -0.1) is 0 Å². The topological polar surface area (TPSA) is 32.5 Å². The number of likely N-dealkylation sites (N-methyl/N-ethyl adjacent to an activating group) is 1. The van der Waals surface area contributed by atoms with Gasteiger partial charge in [0.1, 0.15) is 0 Å². The highest BCUT2D eigenvalue weighted by molar-refractivity contribution is 5.14. The van der Waals surface area contributed by atoms with Gasteiger partial charge in [0.2, 0.25) is 0 Å². The molecule has 0 saturated carbocycles. The molecule has 0 radical (unpaired) electrons. The minimum absolute atomic E-state index is 0.698. The molecule has 1 fully saturated rings. The number of hydrogen-bond donors (Lipinski definition) is 1. The maximum Gasteiger partial charge on any atom is 0.0232 e. The van der Waals surface area contributed by atoms with E-state index in [0.29, 0.717) is 6.04 Å². The smallest absolute Gasteiger partial charge is 0.0232 e. The van der Waals surface area contributed by atoms with E-state index < -0.39 is 0 Å². The molecule has 3 nitrogen and oxygen atoms in total. The summed E-state index contributed by atoms with van der Waals surface area (Å²) in [6, 6.07) is 11.5. The van der Waals surface area contributed by atoms with Crippen LogP contribution >= 0.6 is 0 Å². The predicted molar refractivity (Wildman–Crippen MR) is 76.7 cm³/mol. The first kappa shape index (κ1) is 13.5. The fourth-order valence-electron chi connectivity index (χ4n) is 2.69. The SMILES string of the molecule is CN(CCN)C1CCN(CCc2ccccc2)C1. The van der Waals surface area contributed by atoms with Crippen molar-refractivity contribution in [2.75, 3.05) is 39.8 Å². The summed E-state index contributed by atoms with van der Waals surface area (Å²) < 4.78 is 0. The quantitative estimate of drug-likeness (QED) is 0.820. The normalized spacial score (nSPS) is 20.7. The van der Waals surface area contributed by atoms with Crippen LogP contribution in [0.2, 0.25) is 0 Å². The highest BCUT2D eigenvalue weighted by Gasteiger charge is 2.24. The van der Waals surface area contributed by atoms with Gasteiger partial charge < -0.3 is 15.5 Å². The van der Waals surface area contributed by atoms with Gasteiger partial charge in [0.15, 0.2) is 0 Å². The van der Waals surface area contributed by atoms with E-state index in [-0.39, 0.29) is 0 Å². The van der Waals surface area contributed by atoms with Crippen LogP contribution in [0.3, 0.4) is 0 Å². The number of likely N-dealkylation sites (tertiary alicyclic amines) is 1. The molecule has 2 rings (SSSR count). The van der Waals surface area contributed by atoms with Gasteiger partial charge in [-0.25, -0.2) is 0 Å². The first-order valence-electron chi connectivity index (χ1n) is 6.96. The van der Waals surface area contributed by atoms with Crippen LogP contribution in [0.5, 0.6) is 0 Å². The molecule has 1 aliphatic rings. The largest absolute Gasteiger partial charge is 0.329 e. The molecule has 0 spiro atoms. The van der Waals surface area contributed by atoms with Gasteiger partial charge in [-0.05, 0) is 32.0 Å². The Bertz CT molecular complexity index is 339. The van der Waals surface area contributed by atoms with Crippen molar-refractivity contribution in [2.24, 2.45) is 5.73 Å². The standard InChI is InChI=1S/C15H25N3/c1-17(12-9-16)15-8-11-18(13-15)10-7-14-5-3-2-4-6-14/h2-6,15H,7-13,16H2,1H3. The maximum atomic E-state index is 5.61. The minimum atomic E-state index is 0.698. The average molecular weight is 247 g/mol. The van der Waals surface area contributed by atoms with E-state index in [1.807, 2.05) is 0 Å². The lowest BCUT2D eigenvalue weighted by Crippen LogP contribution is -2.37. The first-order valence-corrected chi connectivity index (χ1v) is 6.96. The zero-order valence-electron chi connectivity index (χ0n) is 11.4. The van der Waals surface area contributed by atoms with Crippen LogP contribution < -0.4 is 5.73 Å². The zero-order valence-corrected chi connectivity index (χ0v) is 11.4. The van der Waals surface area contributed by atoms with E-state index in [9.17, 15) is 0 Å². The van der Waals surface area contributed by atoms with Crippen molar-refractivity contribution >= 4 is 0 Å². The summed E-state index contributed by atoms with van der Waals surface area (Å²) in [6.45, 7) is 5.38. The Hall–Kier alpha value is -0.900. The summed E-state index contributed by atoms with van der Waals surface area (Å²) in [7, 11) is 2.19. The van der Waals surface area contributed by atoms with Gasteiger partial charge >= 0.3 is 0 Å². The fraction of sp³-hybridized carbons (Fsp3) is 0.600. The molecule has 0 bridgehead atoms. The minimum Gasteiger partial charge on any atom is -0.329 e. The van der Waals surface area contributed by atoms with Gasteiger partial charge in [0.25, 0.3) is 0 Å². The van der Waals surface area contributed by atoms with E-state index in [1.54, 1.807) is 0 Å². The van der Waals surface area contributed by atoms with Crippen LogP contribution in [-0.2, 0) is 6.42 Å². The van der Waals surface area contributed by atoms with Crippen LogP contribution in [0, 0.1) is 0 Å². The van der Waals surface area contributed by atoms with E-state index in [2.05, 4.69) is 47.2 Å². The van der Waals surface area contributed by atoms with Crippen LogP contribution in [0.25, 0.3) is 0 Å². The molecule has 100 valence electrons. The van der Waals surface area contributed by atoms with Crippen LogP contribution in [0.1, 0.15) is 12.0 Å². The van der Waals surface area contributed by atoms with Gasteiger partial charge in [0.05, 0.1) is 0 Å². The number of rotatable bonds is 6. The molecule has 1 saturated heterocycles. The van der Waals surface area contributed by atoms with Crippen LogP contribution in [-0.4, -0.2) is 55.6 Å². The van der Waals surface area contributed by atoms with E-state index in [1.165, 1.54) is 31.6 Å². The number of hydrogen-bond acceptors (Lipinski definition) is 3. The van der Waals surface area contributed by atoms with Crippen molar-refractivity contribution in [3.8, 4) is 0 Å². The Morgan fingerprint density at radius 2 is 2.11 bits per heavy atom. The first-order chi connectivity index (χ1) is 8.79. The number of nitrogens with zero attached hydrogens (tertiary/aromatic N) is 2. The van der Waals surface area contributed by atoms with Crippen LogP contribution in [0.4, 0.5) is 0 Å². The van der Waals surface area contributed by atoms with Gasteiger partial charge in [-0.1, -0.05) is 30.3 Å². The molecular weight excluding hydrogens is 222 g/mol. The van der Waals surface area contributed by atoms with E-state index in [0.717, 1.165) is 19.5 Å². The second-order valence-electron chi connectivity index (χ2n) is 5.25. The molecule has 1 aliphatic heterocycles. The summed E-state index contributed by atoms with van der Waals surface area (Å²) in [5, 5.41) is 0. The monoisotopic (exact) mass is 247 g/mol. The van der Waals surface area contributed by atoms with E-state index >= 15 is 0 Å². The molecule has 0 aliphatic carbocycles. The van der Waals surface area contributed by atoms with Crippen LogP contribution in [0.15, 0.2) is 30.3 Å². The average Bonchev–Trinajstić information content (AvgIpc) is 2.87. The summed E-state index contributed by atoms with van der Waals surface area (Å²) in [5.74, 6) is 0. The van der Waals surface area contributed by atoms with Crippen molar-refractivity contribution in [1.29, 1.82) is 0 Å². The lowest BCUT2D eigenvalue weighted by molar-refractivity contribution is 0.238. The Morgan fingerprint density at radius 1 is 1.33 bits per heavy atom. The van der Waals surface area contributed by atoms with Gasteiger partial charge in [-0.2, -0.15) is 0 Å². The van der Waals surface area contributed by atoms with Crippen molar-refractivity contribution in [2.45, 2.75) is 18.9 Å². The van der Waals surface area contributed by atoms with Crippen molar-refractivity contribution in [3.63, 3.8) is 0 Å². The fourth-order valence-corrected chi connectivity index (χ4v) is 2.69. The zero-order chi connectivity index (χ0) is 12.8. The lowest BCUT2D eigenvalue weighted by Gasteiger charge is -2.24. The Balaban J connectivity index is 1.73. The molecule has 1 heterocycles. The molecule has 1 unspecified atom stereocenters. The van der Waals surface area contributed by atoms with Crippen molar-refractivity contribution < 1.29 is 0 Å². The second-order valence-corrected chi connectivity index (χ2v) is 5.25. The van der Waals surface area contributed by atoms with E-state index in [4.69, 9.17) is 5.73 Å². The van der Waals surface area contributed by atoms with Crippen molar-refractivity contribution in [1.82, 2.24) is 9.80 Å². The summed E-state index contributed by atoms with van der Waals surface area (Å²) in [5.41, 5.74) is 7.05. The molecule has 1 atom stereocenters. The predicted octanol–water partition coefficient (Wildman–Crippen LogP) is 1.19. The number of nitrogens with two attached hydrogens (primary N) is 1. The Kier molecular flexibility index (Phi) is 5.17. The summed E-state index contributed by atoms with van der Waals surface area (Å²) >= 11 is 0. The molecule has 0 amide bonds. The van der Waals surface area contributed by atoms with Crippen molar-refractivity contribution in [3.05, 3.63) is 35.9 Å². The molecule has 3 heteroatoms. The molecule has 1 aromatic carbocycles. The highest BCUT2D eigenvalue weighted by atomic mass is 15.2. The summed E-state index contributed by atoms with van der Waals surface area (Å²) in [4.78, 5) is 4.98. The highest BCUT2D eigenvalue weighted by Crippen LogP contribution is 2.14. The molecule has 2 N–H and O–H groups in total. The lowest BCUT2D eigenvalue weighted by atomic mass is 10.1. The Morgan fingerprint density at radius 3 is 2.83 bits per heavy atom. The maximum absolute atomic E-state index is 5.61. The Labute approximate surface area is 111 Å². The molecule has 1 aromatic rings. The third kappa shape index (κ3) is 3.80. The third-order valence-electron chi connectivity index (χ3n) is 3.91. The number of benzene rings is 1. The molecular formula is C15H25N3. The van der Waals surface area contributed by atoms with Gasteiger partial charge in [-0.3, -0.25) is 0 Å². The molecule has 0 aromatic heterocycles. The third-order valence-corrected chi connectivity index (χ3v) is 3.91. The summed E-state index contributed by atoms with van der Waals surface area (Å²) in [6.07, 6.45) is 2.44. The second kappa shape index (κ2) is 6.88. The van der Waals surface area contributed by atoms with Gasteiger partial charge in [0, 0.05) is 32.2 Å².